The van der Waals surface area contributed by atoms with Crippen molar-refractivity contribution in [2.24, 2.45) is 0 Å². The third kappa shape index (κ3) is 12.5. The highest BCUT2D eigenvalue weighted by molar-refractivity contribution is 5.28. The van der Waals surface area contributed by atoms with Gasteiger partial charge in [-0.25, -0.2) is 0 Å². The highest BCUT2D eigenvalue weighted by Gasteiger charge is 1.84. The van der Waals surface area contributed by atoms with Crippen LogP contribution < -0.4 is 0 Å². The van der Waals surface area contributed by atoms with Gasteiger partial charge in [0.2, 0.25) is 0 Å². The molecule has 1 aromatic rings. The van der Waals surface area contributed by atoms with Crippen molar-refractivity contribution in [2.45, 2.75) is 27.7 Å². The van der Waals surface area contributed by atoms with Crippen LogP contribution in [0.25, 0.3) is 0 Å². The fourth-order valence-electron chi connectivity index (χ4n) is 0.972. The Hall–Kier alpha value is -1.74. The van der Waals surface area contributed by atoms with Gasteiger partial charge < -0.3 is 14.9 Å². The van der Waals surface area contributed by atoms with E-state index >= 15 is 0 Å². The van der Waals surface area contributed by atoms with E-state index in [1.807, 2.05) is 0 Å². The van der Waals surface area contributed by atoms with Gasteiger partial charge in [-0.15, -0.1) is 0 Å². The van der Waals surface area contributed by atoms with Gasteiger partial charge in [-0.3, -0.25) is 0 Å². The number of rotatable bonds is 4. The van der Waals surface area contributed by atoms with Gasteiger partial charge in [-0.05, 0) is 52.0 Å². The number of phenols is 2. The van der Waals surface area contributed by atoms with Crippen LogP contribution in [0.2, 0.25) is 0 Å². The van der Waals surface area contributed by atoms with Crippen molar-refractivity contribution in [3.63, 3.8) is 0 Å². The molecule has 0 atom stereocenters. The SMILES string of the molecule is CC(C)=CCOCC=C(C)C.Oc1ccc(O)cc1. The number of hydrogen-bond donors (Lipinski definition) is 2. The number of allylic oxidation sites excluding steroid dienone is 2. The fraction of sp³-hybridized carbons (Fsp3) is 0.375. The van der Waals surface area contributed by atoms with Gasteiger partial charge in [0.05, 0.1) is 13.2 Å². The van der Waals surface area contributed by atoms with Crippen molar-refractivity contribution in [1.29, 1.82) is 0 Å². The minimum absolute atomic E-state index is 0.169. The van der Waals surface area contributed by atoms with Crippen molar-refractivity contribution >= 4 is 0 Å². The Morgan fingerprint density at radius 2 is 1.16 bits per heavy atom. The first-order valence-corrected chi connectivity index (χ1v) is 6.24. The third-order valence-electron chi connectivity index (χ3n) is 2.07. The lowest BCUT2D eigenvalue weighted by Crippen LogP contribution is -1.91. The Balaban J connectivity index is 0.000000356. The fourth-order valence-corrected chi connectivity index (χ4v) is 0.972. The number of hydrogen-bond acceptors (Lipinski definition) is 3. The van der Waals surface area contributed by atoms with Gasteiger partial charge in [0, 0.05) is 0 Å². The van der Waals surface area contributed by atoms with Crippen LogP contribution in [-0.4, -0.2) is 23.4 Å². The molecule has 0 fully saturated rings. The Morgan fingerprint density at radius 1 is 0.842 bits per heavy atom. The number of phenolic OH excluding ortho intramolecular Hbond substituents is 2. The first kappa shape index (κ1) is 17.3. The molecule has 0 bridgehead atoms. The molecular formula is C16H24O3. The molecule has 0 aliphatic carbocycles. The molecule has 19 heavy (non-hydrogen) atoms. The number of ether oxygens (including phenoxy) is 1. The first-order valence-electron chi connectivity index (χ1n) is 6.24. The molecule has 3 heteroatoms. The molecule has 106 valence electrons. The summed E-state index contributed by atoms with van der Waals surface area (Å²) in [5.41, 5.74) is 2.62. The molecular weight excluding hydrogens is 240 g/mol. The van der Waals surface area contributed by atoms with Gasteiger partial charge >= 0.3 is 0 Å². The van der Waals surface area contributed by atoms with E-state index in [-0.39, 0.29) is 11.5 Å². The normalized spacial score (nSPS) is 9.05. The van der Waals surface area contributed by atoms with Crippen molar-refractivity contribution in [2.75, 3.05) is 13.2 Å². The lowest BCUT2D eigenvalue weighted by atomic mass is 10.3. The van der Waals surface area contributed by atoms with Crippen molar-refractivity contribution in [3.8, 4) is 11.5 Å². The van der Waals surface area contributed by atoms with E-state index in [0.29, 0.717) is 0 Å². The number of benzene rings is 1. The highest BCUT2D eigenvalue weighted by atomic mass is 16.5. The van der Waals surface area contributed by atoms with Crippen LogP contribution in [-0.2, 0) is 4.74 Å². The molecule has 0 saturated carbocycles. The molecule has 0 heterocycles. The van der Waals surface area contributed by atoms with Crippen LogP contribution >= 0.6 is 0 Å². The molecule has 0 spiro atoms. The molecule has 0 amide bonds. The van der Waals surface area contributed by atoms with Crippen molar-refractivity contribution < 1.29 is 14.9 Å². The quantitative estimate of drug-likeness (QED) is 0.490. The first-order chi connectivity index (χ1) is 8.91. The average molecular weight is 264 g/mol. The monoisotopic (exact) mass is 264 g/mol. The van der Waals surface area contributed by atoms with Gasteiger partial charge in [0.1, 0.15) is 11.5 Å². The summed E-state index contributed by atoms with van der Waals surface area (Å²) in [4.78, 5) is 0. The minimum atomic E-state index is 0.169. The van der Waals surface area contributed by atoms with E-state index < -0.39 is 0 Å². The summed E-state index contributed by atoms with van der Waals surface area (Å²) in [5, 5.41) is 17.3. The maximum atomic E-state index is 8.65. The van der Waals surface area contributed by atoms with Crippen molar-refractivity contribution in [1.82, 2.24) is 0 Å². The van der Waals surface area contributed by atoms with Crippen molar-refractivity contribution in [3.05, 3.63) is 47.6 Å². The van der Waals surface area contributed by atoms with Gasteiger partial charge in [-0.1, -0.05) is 23.3 Å². The van der Waals surface area contributed by atoms with E-state index in [2.05, 4.69) is 39.8 Å². The zero-order valence-electron chi connectivity index (χ0n) is 12.2. The predicted octanol–water partition coefficient (Wildman–Crippen LogP) is 4.03. The lowest BCUT2D eigenvalue weighted by Gasteiger charge is -1.96. The minimum Gasteiger partial charge on any atom is -0.508 e. The topological polar surface area (TPSA) is 49.7 Å². The van der Waals surface area contributed by atoms with Gasteiger partial charge in [-0.2, -0.15) is 0 Å². The molecule has 3 nitrogen and oxygen atoms in total. The molecule has 0 radical (unpaired) electrons. The van der Waals surface area contributed by atoms with E-state index in [9.17, 15) is 0 Å². The summed E-state index contributed by atoms with van der Waals surface area (Å²) < 4.78 is 5.30. The summed E-state index contributed by atoms with van der Waals surface area (Å²) in [6.45, 7) is 9.75. The molecule has 2 N–H and O–H groups in total. The third-order valence-corrected chi connectivity index (χ3v) is 2.07. The maximum absolute atomic E-state index is 8.65. The average Bonchev–Trinajstić information content (AvgIpc) is 2.32. The van der Waals surface area contributed by atoms with E-state index in [1.54, 1.807) is 0 Å². The summed E-state index contributed by atoms with van der Waals surface area (Å²) in [5.74, 6) is 0.339. The zero-order chi connectivity index (χ0) is 14.7. The van der Waals surface area contributed by atoms with E-state index in [1.165, 1.54) is 35.4 Å². The molecule has 0 aromatic heterocycles. The second-order valence-electron chi connectivity index (χ2n) is 4.62. The van der Waals surface area contributed by atoms with Crippen LogP contribution in [0.15, 0.2) is 47.6 Å². The van der Waals surface area contributed by atoms with Crippen LogP contribution in [0, 0.1) is 0 Å². The summed E-state index contributed by atoms with van der Waals surface area (Å²) in [6, 6.07) is 5.70. The second-order valence-corrected chi connectivity index (χ2v) is 4.62. The number of aromatic hydroxyl groups is 2. The maximum Gasteiger partial charge on any atom is 0.115 e. The van der Waals surface area contributed by atoms with Crippen LogP contribution in [0.3, 0.4) is 0 Å². The molecule has 0 saturated heterocycles. The summed E-state index contributed by atoms with van der Waals surface area (Å²) in [7, 11) is 0. The molecule has 0 unspecified atom stereocenters. The zero-order valence-corrected chi connectivity index (χ0v) is 12.2. The van der Waals surface area contributed by atoms with Gasteiger partial charge in [0.15, 0.2) is 0 Å². The Labute approximate surface area is 115 Å². The highest BCUT2D eigenvalue weighted by Crippen LogP contribution is 2.13. The second kappa shape index (κ2) is 10.2. The predicted molar refractivity (Wildman–Crippen MR) is 79.5 cm³/mol. The Bertz CT molecular complexity index is 356. The van der Waals surface area contributed by atoms with E-state index in [4.69, 9.17) is 14.9 Å². The van der Waals surface area contributed by atoms with Crippen LogP contribution in [0.1, 0.15) is 27.7 Å². The molecule has 1 rings (SSSR count). The lowest BCUT2D eigenvalue weighted by molar-refractivity contribution is 0.193. The molecule has 0 aliphatic heterocycles. The summed E-state index contributed by atoms with van der Waals surface area (Å²) in [6.07, 6.45) is 4.16. The molecule has 1 aromatic carbocycles. The summed E-state index contributed by atoms with van der Waals surface area (Å²) >= 11 is 0. The standard InChI is InChI=1S/C10H18O.C6H6O2/c1-9(2)5-7-11-8-6-10(3)4;7-5-1-2-6(8)4-3-5/h5-6H,7-8H2,1-4H3;1-4,7-8H. The Kier molecular flexibility index (Phi) is 9.27. The van der Waals surface area contributed by atoms with Crippen LogP contribution in [0.4, 0.5) is 0 Å². The van der Waals surface area contributed by atoms with Gasteiger partial charge in [0.25, 0.3) is 0 Å². The Morgan fingerprint density at radius 3 is 1.42 bits per heavy atom. The van der Waals surface area contributed by atoms with Crippen LogP contribution in [0.5, 0.6) is 11.5 Å². The largest absolute Gasteiger partial charge is 0.508 e. The smallest absolute Gasteiger partial charge is 0.115 e. The molecule has 0 aliphatic rings. The van der Waals surface area contributed by atoms with E-state index in [0.717, 1.165) is 13.2 Å².